The van der Waals surface area contributed by atoms with Gasteiger partial charge in [0.1, 0.15) is 5.75 Å². The van der Waals surface area contributed by atoms with Gasteiger partial charge in [-0.25, -0.2) is 4.98 Å². The first kappa shape index (κ1) is 24.6. The second-order valence-corrected chi connectivity index (χ2v) is 7.80. The van der Waals surface area contributed by atoms with Crippen molar-refractivity contribution in [3.63, 3.8) is 0 Å². The molecular formula is C22H18Cl2F3N3O3. The van der Waals surface area contributed by atoms with E-state index in [1.165, 1.54) is 31.3 Å². The molecule has 0 aliphatic carbocycles. The summed E-state index contributed by atoms with van der Waals surface area (Å²) in [5.74, 6) is -1.14. The molecule has 1 aromatic heterocycles. The molecule has 0 saturated heterocycles. The summed E-state index contributed by atoms with van der Waals surface area (Å²) in [5, 5.41) is 15.2. The highest BCUT2D eigenvalue weighted by Crippen LogP contribution is 2.37. The molecule has 0 amide bonds. The van der Waals surface area contributed by atoms with Crippen molar-refractivity contribution in [1.82, 2.24) is 10.3 Å². The van der Waals surface area contributed by atoms with Crippen LogP contribution < -0.4 is 15.4 Å². The van der Waals surface area contributed by atoms with Gasteiger partial charge in [0, 0.05) is 17.8 Å². The second kappa shape index (κ2) is 10.3. The molecule has 1 atom stereocenters. The number of pyridine rings is 1. The number of benzene rings is 2. The van der Waals surface area contributed by atoms with Crippen LogP contribution in [-0.4, -0.2) is 22.6 Å². The number of hydrogen-bond donors (Lipinski definition) is 3. The van der Waals surface area contributed by atoms with Gasteiger partial charge in [-0.15, -0.1) is 0 Å². The van der Waals surface area contributed by atoms with E-state index in [1.54, 1.807) is 24.3 Å². The monoisotopic (exact) mass is 499 g/mol. The Labute approximate surface area is 197 Å². The van der Waals surface area contributed by atoms with Gasteiger partial charge in [-0.05, 0) is 48.9 Å². The summed E-state index contributed by atoms with van der Waals surface area (Å²) in [6.07, 6.45) is -3.20. The molecule has 3 aromatic rings. The van der Waals surface area contributed by atoms with Gasteiger partial charge in [-0.2, -0.15) is 13.2 Å². The first-order chi connectivity index (χ1) is 15.5. The first-order valence-corrected chi connectivity index (χ1v) is 10.3. The predicted octanol–water partition coefficient (Wildman–Crippen LogP) is 6.68. The highest BCUT2D eigenvalue weighted by Gasteiger charge is 2.35. The molecule has 1 heterocycles. The largest absolute Gasteiger partial charge is 0.480 e. The number of hydrogen-bond acceptors (Lipinski definition) is 5. The van der Waals surface area contributed by atoms with Crippen molar-refractivity contribution in [1.29, 1.82) is 0 Å². The third-order valence-electron chi connectivity index (χ3n) is 4.52. The molecule has 6 nitrogen and oxygen atoms in total. The molecule has 0 saturated carbocycles. The topological polar surface area (TPSA) is 83.5 Å². The minimum absolute atomic E-state index is 0.0609. The number of aliphatic carboxylic acids is 1. The lowest BCUT2D eigenvalue weighted by atomic mass is 10.0. The fraction of sp³-hybridized carbons (Fsp3) is 0.182. The summed E-state index contributed by atoms with van der Waals surface area (Å²) in [7, 11) is 0. The standard InChI is InChI=1S/C22H18Cl2F3N3O3/c1-12(28-11-21(31)32)16-5-4-15(9-17(16)22(25,26)27)33-20-7-3-14(10-29-20)30-13-2-6-18(23)19(24)8-13/h2-10,12,28,30H,11H2,1H3,(H,31,32). The van der Waals surface area contributed by atoms with Crippen LogP contribution in [-0.2, 0) is 11.0 Å². The molecule has 3 N–H and O–H groups in total. The number of alkyl halides is 3. The van der Waals surface area contributed by atoms with Crippen LogP contribution in [0.4, 0.5) is 24.5 Å². The smallest absolute Gasteiger partial charge is 0.416 e. The Bertz CT molecular complexity index is 1140. The van der Waals surface area contributed by atoms with Crippen molar-refractivity contribution >= 4 is 40.5 Å². The number of carboxylic acid groups (broad SMARTS) is 1. The fourth-order valence-electron chi connectivity index (χ4n) is 2.95. The molecular weight excluding hydrogens is 482 g/mol. The molecule has 0 spiro atoms. The molecule has 11 heteroatoms. The molecule has 0 aliphatic rings. The molecule has 174 valence electrons. The number of nitrogens with zero attached hydrogens (tertiary/aromatic N) is 1. The Morgan fingerprint density at radius 3 is 2.42 bits per heavy atom. The summed E-state index contributed by atoms with van der Waals surface area (Å²) in [4.78, 5) is 14.8. The average Bonchev–Trinajstić information content (AvgIpc) is 2.75. The van der Waals surface area contributed by atoms with Crippen LogP contribution in [0.15, 0.2) is 54.7 Å². The molecule has 0 radical (unpaired) electrons. The highest BCUT2D eigenvalue weighted by atomic mass is 35.5. The molecule has 33 heavy (non-hydrogen) atoms. The van der Waals surface area contributed by atoms with Crippen LogP contribution in [0.3, 0.4) is 0 Å². The second-order valence-electron chi connectivity index (χ2n) is 6.98. The number of halogens is 5. The molecule has 0 aliphatic heterocycles. The van der Waals surface area contributed by atoms with Gasteiger partial charge in [-0.1, -0.05) is 29.3 Å². The van der Waals surface area contributed by atoms with E-state index in [1.807, 2.05) is 0 Å². The van der Waals surface area contributed by atoms with E-state index in [2.05, 4.69) is 15.6 Å². The van der Waals surface area contributed by atoms with Gasteiger partial charge in [0.05, 0.1) is 34.0 Å². The summed E-state index contributed by atoms with van der Waals surface area (Å²) in [5.41, 5.74) is 0.259. The summed E-state index contributed by atoms with van der Waals surface area (Å²) in [6.45, 7) is 0.985. The molecule has 3 rings (SSSR count). The lowest BCUT2D eigenvalue weighted by Crippen LogP contribution is -2.27. The van der Waals surface area contributed by atoms with E-state index in [-0.39, 0.29) is 17.2 Å². The number of ether oxygens (including phenoxy) is 1. The van der Waals surface area contributed by atoms with Gasteiger partial charge in [0.15, 0.2) is 0 Å². The maximum Gasteiger partial charge on any atom is 0.416 e. The van der Waals surface area contributed by atoms with Crippen molar-refractivity contribution in [2.75, 3.05) is 11.9 Å². The van der Waals surface area contributed by atoms with E-state index >= 15 is 0 Å². The van der Waals surface area contributed by atoms with Gasteiger partial charge in [0.2, 0.25) is 5.88 Å². The van der Waals surface area contributed by atoms with Gasteiger partial charge >= 0.3 is 12.1 Å². The third-order valence-corrected chi connectivity index (χ3v) is 5.26. The van der Waals surface area contributed by atoms with Crippen LogP contribution in [0.2, 0.25) is 10.0 Å². The number of carboxylic acids is 1. The van der Waals surface area contributed by atoms with Crippen LogP contribution in [0.5, 0.6) is 11.6 Å². The molecule has 1 unspecified atom stereocenters. The van der Waals surface area contributed by atoms with Crippen molar-refractivity contribution < 1.29 is 27.8 Å². The van der Waals surface area contributed by atoms with E-state index < -0.39 is 30.3 Å². The van der Waals surface area contributed by atoms with Crippen LogP contribution in [0.25, 0.3) is 0 Å². The highest BCUT2D eigenvalue weighted by molar-refractivity contribution is 6.42. The normalized spacial score (nSPS) is 12.3. The molecule has 0 fully saturated rings. The van der Waals surface area contributed by atoms with Crippen LogP contribution in [0.1, 0.15) is 24.1 Å². The Hall–Kier alpha value is -3.01. The lowest BCUT2D eigenvalue weighted by Gasteiger charge is -2.20. The average molecular weight is 500 g/mol. The number of carbonyl (C=O) groups is 1. The summed E-state index contributed by atoms with van der Waals surface area (Å²) in [6, 6.07) is 10.8. The number of anilines is 2. The lowest BCUT2D eigenvalue weighted by molar-refractivity contribution is -0.138. The Morgan fingerprint density at radius 2 is 1.82 bits per heavy atom. The quantitative estimate of drug-likeness (QED) is 0.320. The van der Waals surface area contributed by atoms with Crippen LogP contribution >= 0.6 is 23.2 Å². The minimum Gasteiger partial charge on any atom is -0.480 e. The maximum atomic E-state index is 13.6. The third kappa shape index (κ3) is 6.74. The van der Waals surface area contributed by atoms with Crippen molar-refractivity contribution in [2.45, 2.75) is 19.1 Å². The van der Waals surface area contributed by atoms with E-state index in [0.29, 0.717) is 21.4 Å². The van der Waals surface area contributed by atoms with Gasteiger partial charge in [0.25, 0.3) is 0 Å². The Balaban J connectivity index is 1.75. The SMILES string of the molecule is CC(NCC(=O)O)c1ccc(Oc2ccc(Nc3ccc(Cl)c(Cl)c3)cn2)cc1C(F)(F)F. The zero-order valence-electron chi connectivity index (χ0n) is 17.1. The Morgan fingerprint density at radius 1 is 1.09 bits per heavy atom. The Kier molecular flexibility index (Phi) is 7.68. The van der Waals surface area contributed by atoms with Crippen molar-refractivity contribution in [2.24, 2.45) is 0 Å². The zero-order valence-corrected chi connectivity index (χ0v) is 18.6. The van der Waals surface area contributed by atoms with Gasteiger partial charge < -0.3 is 20.5 Å². The minimum atomic E-state index is -4.66. The number of rotatable bonds is 8. The molecule has 2 aromatic carbocycles. The summed E-state index contributed by atoms with van der Waals surface area (Å²) < 4.78 is 46.3. The van der Waals surface area contributed by atoms with E-state index in [0.717, 1.165) is 6.07 Å². The fourth-order valence-corrected chi connectivity index (χ4v) is 3.25. The first-order valence-electron chi connectivity index (χ1n) is 9.55. The van der Waals surface area contributed by atoms with E-state index in [9.17, 15) is 18.0 Å². The predicted molar refractivity (Wildman–Crippen MR) is 120 cm³/mol. The molecule has 0 bridgehead atoms. The maximum absolute atomic E-state index is 13.6. The van der Waals surface area contributed by atoms with Gasteiger partial charge in [-0.3, -0.25) is 4.79 Å². The zero-order chi connectivity index (χ0) is 24.2. The number of nitrogens with one attached hydrogen (secondary N) is 2. The van der Waals surface area contributed by atoms with Crippen molar-refractivity contribution in [3.05, 3.63) is 75.9 Å². The summed E-state index contributed by atoms with van der Waals surface area (Å²) >= 11 is 11.9. The van der Waals surface area contributed by atoms with Crippen LogP contribution in [0, 0.1) is 0 Å². The van der Waals surface area contributed by atoms with Crippen molar-refractivity contribution in [3.8, 4) is 11.6 Å². The number of aromatic nitrogens is 1. The van der Waals surface area contributed by atoms with E-state index in [4.69, 9.17) is 33.0 Å².